The van der Waals surface area contributed by atoms with Crippen molar-refractivity contribution in [3.05, 3.63) is 0 Å². The van der Waals surface area contributed by atoms with Crippen molar-refractivity contribution in [1.82, 2.24) is 9.80 Å². The van der Waals surface area contributed by atoms with Gasteiger partial charge in [0, 0.05) is 32.8 Å². The molecule has 0 aromatic carbocycles. The van der Waals surface area contributed by atoms with E-state index in [2.05, 4.69) is 0 Å². The van der Waals surface area contributed by atoms with Gasteiger partial charge < -0.3 is 20.3 Å². The highest BCUT2D eigenvalue weighted by Gasteiger charge is 2.32. The number of piperazine rings is 1. The average Bonchev–Trinajstić information content (AvgIpc) is 3.00. The zero-order chi connectivity index (χ0) is 14.5. The van der Waals surface area contributed by atoms with E-state index in [1.54, 1.807) is 4.90 Å². The van der Waals surface area contributed by atoms with Crippen molar-refractivity contribution in [3.63, 3.8) is 0 Å². The van der Waals surface area contributed by atoms with Crippen LogP contribution in [0, 0.1) is 0 Å². The van der Waals surface area contributed by atoms with Crippen LogP contribution in [0.2, 0.25) is 0 Å². The predicted molar refractivity (Wildman–Crippen MR) is 75.0 cm³/mol. The highest BCUT2D eigenvalue weighted by Crippen LogP contribution is 2.16. The molecule has 6 nitrogen and oxygen atoms in total. The SMILES string of the molecule is CCCC(N)C(=O)N1CCN(C(=O)C2CCCO2)CC1. The summed E-state index contributed by atoms with van der Waals surface area (Å²) < 4.78 is 5.42. The lowest BCUT2D eigenvalue weighted by Crippen LogP contribution is -2.55. The van der Waals surface area contributed by atoms with E-state index in [1.165, 1.54) is 0 Å². The molecule has 2 saturated heterocycles. The number of carbonyl (C=O) groups is 2. The van der Waals surface area contributed by atoms with Gasteiger partial charge >= 0.3 is 0 Å². The molecule has 0 spiro atoms. The number of nitrogens with two attached hydrogens (primary N) is 1. The molecule has 114 valence electrons. The number of hydrogen-bond acceptors (Lipinski definition) is 4. The molecule has 2 heterocycles. The van der Waals surface area contributed by atoms with E-state index < -0.39 is 6.04 Å². The van der Waals surface area contributed by atoms with E-state index in [0.717, 1.165) is 19.3 Å². The predicted octanol–water partition coefficient (Wildman–Crippen LogP) is -0.0364. The maximum absolute atomic E-state index is 12.2. The van der Waals surface area contributed by atoms with Crippen LogP contribution in [0.3, 0.4) is 0 Å². The summed E-state index contributed by atoms with van der Waals surface area (Å²) in [6.45, 7) is 5.03. The lowest BCUT2D eigenvalue weighted by molar-refractivity contribution is -0.146. The van der Waals surface area contributed by atoms with Crippen LogP contribution in [0.15, 0.2) is 0 Å². The Balaban J connectivity index is 1.79. The Morgan fingerprint density at radius 1 is 1.25 bits per heavy atom. The summed E-state index contributed by atoms with van der Waals surface area (Å²) in [7, 11) is 0. The topological polar surface area (TPSA) is 75.9 Å². The third kappa shape index (κ3) is 3.49. The number of ether oxygens (including phenoxy) is 1. The van der Waals surface area contributed by atoms with Gasteiger partial charge in [-0.25, -0.2) is 0 Å². The van der Waals surface area contributed by atoms with E-state index in [4.69, 9.17) is 10.5 Å². The van der Waals surface area contributed by atoms with Crippen LogP contribution in [-0.2, 0) is 14.3 Å². The summed E-state index contributed by atoms with van der Waals surface area (Å²) in [5, 5.41) is 0. The summed E-state index contributed by atoms with van der Waals surface area (Å²) in [6, 6.07) is -0.402. The van der Waals surface area contributed by atoms with Crippen LogP contribution in [0.5, 0.6) is 0 Å². The first-order chi connectivity index (χ1) is 9.63. The minimum absolute atomic E-state index is 0.0102. The lowest BCUT2D eigenvalue weighted by atomic mass is 10.1. The molecule has 2 amide bonds. The van der Waals surface area contributed by atoms with Crippen molar-refractivity contribution in [2.45, 2.75) is 44.8 Å². The molecule has 2 aliphatic heterocycles. The zero-order valence-electron chi connectivity index (χ0n) is 12.2. The van der Waals surface area contributed by atoms with Gasteiger partial charge in [0.25, 0.3) is 5.91 Å². The Labute approximate surface area is 120 Å². The van der Waals surface area contributed by atoms with Gasteiger partial charge in [-0.15, -0.1) is 0 Å². The van der Waals surface area contributed by atoms with E-state index in [1.807, 2.05) is 11.8 Å². The van der Waals surface area contributed by atoms with Gasteiger partial charge in [-0.05, 0) is 19.3 Å². The molecule has 0 radical (unpaired) electrons. The lowest BCUT2D eigenvalue weighted by Gasteiger charge is -2.36. The maximum atomic E-state index is 12.2. The Morgan fingerprint density at radius 2 is 1.90 bits per heavy atom. The molecule has 2 N–H and O–H groups in total. The van der Waals surface area contributed by atoms with Crippen molar-refractivity contribution < 1.29 is 14.3 Å². The second-order valence-corrected chi connectivity index (χ2v) is 5.55. The zero-order valence-corrected chi connectivity index (χ0v) is 12.2. The fraction of sp³-hybridized carbons (Fsp3) is 0.857. The second kappa shape index (κ2) is 7.04. The van der Waals surface area contributed by atoms with Gasteiger partial charge in [0.1, 0.15) is 6.10 Å². The van der Waals surface area contributed by atoms with Gasteiger partial charge in [-0.2, -0.15) is 0 Å². The number of amides is 2. The Bertz CT molecular complexity index is 348. The van der Waals surface area contributed by atoms with E-state index in [0.29, 0.717) is 39.2 Å². The molecule has 20 heavy (non-hydrogen) atoms. The van der Waals surface area contributed by atoms with Crippen LogP contribution >= 0.6 is 0 Å². The summed E-state index contributed by atoms with van der Waals surface area (Å²) in [5.41, 5.74) is 5.86. The van der Waals surface area contributed by atoms with Crippen molar-refractivity contribution in [2.75, 3.05) is 32.8 Å². The third-order valence-electron chi connectivity index (χ3n) is 4.03. The van der Waals surface area contributed by atoms with Crippen LogP contribution in [0.25, 0.3) is 0 Å². The molecular formula is C14H25N3O3. The van der Waals surface area contributed by atoms with E-state index in [-0.39, 0.29) is 17.9 Å². The van der Waals surface area contributed by atoms with Gasteiger partial charge in [-0.1, -0.05) is 13.3 Å². The summed E-state index contributed by atoms with van der Waals surface area (Å²) in [5.74, 6) is 0.0866. The molecule has 2 unspecified atom stereocenters. The number of hydrogen-bond donors (Lipinski definition) is 1. The van der Waals surface area contributed by atoms with Gasteiger partial charge in [0.15, 0.2) is 0 Å². The molecule has 0 saturated carbocycles. The number of rotatable bonds is 4. The van der Waals surface area contributed by atoms with E-state index >= 15 is 0 Å². The maximum Gasteiger partial charge on any atom is 0.251 e. The Kier molecular flexibility index (Phi) is 5.37. The fourth-order valence-electron chi connectivity index (χ4n) is 2.79. The normalized spacial score (nSPS) is 24.8. The highest BCUT2D eigenvalue weighted by molar-refractivity contribution is 5.83. The second-order valence-electron chi connectivity index (χ2n) is 5.55. The van der Waals surface area contributed by atoms with Crippen molar-refractivity contribution in [3.8, 4) is 0 Å². The molecule has 0 aliphatic carbocycles. The van der Waals surface area contributed by atoms with Crippen LogP contribution < -0.4 is 5.73 Å². The smallest absolute Gasteiger partial charge is 0.251 e. The molecule has 2 fully saturated rings. The molecular weight excluding hydrogens is 258 g/mol. The molecule has 2 atom stereocenters. The number of nitrogens with zero attached hydrogens (tertiary/aromatic N) is 2. The monoisotopic (exact) mass is 283 g/mol. The number of carbonyl (C=O) groups excluding carboxylic acids is 2. The standard InChI is InChI=1S/C14H25N3O3/c1-2-4-11(15)13(18)16-6-8-17(9-7-16)14(19)12-5-3-10-20-12/h11-12H,2-10,15H2,1H3. The molecule has 6 heteroatoms. The van der Waals surface area contributed by atoms with Gasteiger partial charge in [0.05, 0.1) is 6.04 Å². The minimum Gasteiger partial charge on any atom is -0.368 e. The average molecular weight is 283 g/mol. The molecule has 0 aromatic rings. The molecule has 2 aliphatic rings. The summed E-state index contributed by atoms with van der Waals surface area (Å²) in [6.07, 6.45) is 3.14. The van der Waals surface area contributed by atoms with Crippen molar-refractivity contribution in [1.29, 1.82) is 0 Å². The van der Waals surface area contributed by atoms with Gasteiger partial charge in [0.2, 0.25) is 5.91 Å². The van der Waals surface area contributed by atoms with Crippen LogP contribution in [-0.4, -0.2) is 66.5 Å². The fourth-order valence-corrected chi connectivity index (χ4v) is 2.79. The first-order valence-electron chi connectivity index (χ1n) is 7.58. The van der Waals surface area contributed by atoms with Crippen LogP contribution in [0.4, 0.5) is 0 Å². The van der Waals surface area contributed by atoms with E-state index in [9.17, 15) is 9.59 Å². The minimum atomic E-state index is -0.402. The van der Waals surface area contributed by atoms with Crippen molar-refractivity contribution in [2.24, 2.45) is 5.73 Å². The van der Waals surface area contributed by atoms with Crippen molar-refractivity contribution >= 4 is 11.8 Å². The summed E-state index contributed by atoms with van der Waals surface area (Å²) in [4.78, 5) is 27.9. The first-order valence-corrected chi connectivity index (χ1v) is 7.58. The molecule has 2 rings (SSSR count). The van der Waals surface area contributed by atoms with Crippen LogP contribution in [0.1, 0.15) is 32.6 Å². The van der Waals surface area contributed by atoms with Gasteiger partial charge in [-0.3, -0.25) is 9.59 Å². The highest BCUT2D eigenvalue weighted by atomic mass is 16.5. The largest absolute Gasteiger partial charge is 0.368 e. The summed E-state index contributed by atoms with van der Waals surface area (Å²) >= 11 is 0. The molecule has 0 aromatic heterocycles. The Hall–Kier alpha value is -1.14. The first kappa shape index (κ1) is 15.3. The third-order valence-corrected chi connectivity index (χ3v) is 4.03. The molecule has 0 bridgehead atoms. The Morgan fingerprint density at radius 3 is 2.45 bits per heavy atom. The quantitative estimate of drug-likeness (QED) is 0.786.